The summed E-state index contributed by atoms with van der Waals surface area (Å²) in [6.45, 7) is 7.72. The van der Waals surface area contributed by atoms with Crippen molar-refractivity contribution in [2.75, 3.05) is 32.4 Å². The first-order valence-electron chi connectivity index (χ1n) is 4.87. The van der Waals surface area contributed by atoms with Crippen molar-refractivity contribution in [3.8, 4) is 0 Å². The number of hydrogen-bond acceptors (Lipinski definition) is 3. The van der Waals surface area contributed by atoms with Gasteiger partial charge in [0.05, 0.1) is 6.26 Å². The summed E-state index contributed by atoms with van der Waals surface area (Å²) >= 11 is 5.56. The van der Waals surface area contributed by atoms with E-state index in [-0.39, 0.29) is 0 Å². The van der Waals surface area contributed by atoms with E-state index in [2.05, 4.69) is 11.9 Å². The molecule has 6 heteroatoms. The predicted octanol–water partition coefficient (Wildman–Crippen LogP) is 1.00. The fourth-order valence-corrected chi connectivity index (χ4v) is 2.19. The van der Waals surface area contributed by atoms with Gasteiger partial charge in [-0.05, 0) is 13.0 Å². The maximum atomic E-state index is 11.2. The lowest BCUT2D eigenvalue weighted by atomic mass is 10.4. The Hall–Kier alpha value is -0.100. The molecule has 0 saturated carbocycles. The molecule has 0 spiro atoms. The summed E-state index contributed by atoms with van der Waals surface area (Å²) in [6, 6.07) is 0. The summed E-state index contributed by atoms with van der Waals surface area (Å²) in [5.41, 5.74) is 0. The van der Waals surface area contributed by atoms with Crippen LogP contribution in [0.2, 0.25) is 0 Å². The third kappa shape index (κ3) is 7.79. The minimum atomic E-state index is -3.06. The van der Waals surface area contributed by atoms with Crippen LogP contribution in [0.3, 0.4) is 0 Å². The highest BCUT2D eigenvalue weighted by molar-refractivity contribution is 7.88. The van der Waals surface area contributed by atoms with Crippen molar-refractivity contribution in [3.63, 3.8) is 0 Å². The van der Waals surface area contributed by atoms with Crippen molar-refractivity contribution in [1.82, 2.24) is 9.62 Å². The highest BCUT2D eigenvalue weighted by atomic mass is 35.5. The predicted molar refractivity (Wildman–Crippen MR) is 64.6 cm³/mol. The van der Waals surface area contributed by atoms with Gasteiger partial charge in [0.25, 0.3) is 0 Å². The lowest BCUT2D eigenvalue weighted by Crippen LogP contribution is -2.32. The first-order valence-corrected chi connectivity index (χ1v) is 7.09. The zero-order valence-corrected chi connectivity index (χ0v) is 10.9. The average molecular weight is 255 g/mol. The van der Waals surface area contributed by atoms with Crippen molar-refractivity contribution in [2.24, 2.45) is 0 Å². The van der Waals surface area contributed by atoms with Crippen LogP contribution in [0.4, 0.5) is 0 Å². The molecule has 0 atom stereocenters. The summed E-state index contributed by atoms with van der Waals surface area (Å²) < 4.78 is 23.9. The second-order valence-corrected chi connectivity index (χ2v) is 5.82. The highest BCUT2D eigenvalue weighted by Gasteiger charge is 2.12. The second-order valence-electron chi connectivity index (χ2n) is 3.30. The minimum Gasteiger partial charge on any atom is -0.312 e. The Morgan fingerprint density at radius 3 is 2.53 bits per heavy atom. The fraction of sp³-hybridized carbons (Fsp3) is 0.778. The highest BCUT2D eigenvalue weighted by Crippen LogP contribution is 1.98. The molecule has 0 saturated heterocycles. The van der Waals surface area contributed by atoms with Gasteiger partial charge in [0.15, 0.2) is 0 Å². The smallest absolute Gasteiger partial charge is 0.211 e. The van der Waals surface area contributed by atoms with Crippen LogP contribution in [-0.2, 0) is 10.0 Å². The van der Waals surface area contributed by atoms with Gasteiger partial charge in [0.2, 0.25) is 10.0 Å². The molecule has 0 aromatic carbocycles. The second kappa shape index (κ2) is 7.22. The van der Waals surface area contributed by atoms with E-state index in [9.17, 15) is 8.42 Å². The van der Waals surface area contributed by atoms with Gasteiger partial charge in [-0.1, -0.05) is 25.1 Å². The van der Waals surface area contributed by atoms with E-state index in [1.165, 1.54) is 10.6 Å². The van der Waals surface area contributed by atoms with Gasteiger partial charge < -0.3 is 5.32 Å². The normalized spacial score (nSPS) is 12.0. The monoisotopic (exact) mass is 254 g/mol. The van der Waals surface area contributed by atoms with Gasteiger partial charge in [-0.15, -0.1) is 0 Å². The Morgan fingerprint density at radius 2 is 2.13 bits per heavy atom. The molecule has 0 amide bonds. The third-order valence-corrected chi connectivity index (χ3v) is 3.41. The standard InChI is InChI=1S/C9H19ClN2O2S/c1-4-12(15(3,13)14)7-5-6-11-8-9(2)10/h11H,2,4-8H2,1,3H3. The summed E-state index contributed by atoms with van der Waals surface area (Å²) in [7, 11) is -3.06. The van der Waals surface area contributed by atoms with Crippen molar-refractivity contribution >= 4 is 21.6 Å². The summed E-state index contributed by atoms with van der Waals surface area (Å²) in [5.74, 6) is 0. The quantitative estimate of drug-likeness (QED) is 0.658. The Kier molecular flexibility index (Phi) is 7.17. The van der Waals surface area contributed by atoms with Gasteiger partial charge >= 0.3 is 0 Å². The molecular weight excluding hydrogens is 236 g/mol. The molecule has 1 N–H and O–H groups in total. The average Bonchev–Trinajstić information content (AvgIpc) is 2.08. The molecule has 0 bridgehead atoms. The van der Waals surface area contributed by atoms with Crippen LogP contribution in [0.25, 0.3) is 0 Å². The van der Waals surface area contributed by atoms with E-state index in [1.807, 2.05) is 6.92 Å². The Balaban J connectivity index is 3.70. The van der Waals surface area contributed by atoms with Gasteiger partial charge in [0.1, 0.15) is 0 Å². The minimum absolute atomic E-state index is 0.515. The molecule has 0 radical (unpaired) electrons. The number of sulfonamides is 1. The Morgan fingerprint density at radius 1 is 1.53 bits per heavy atom. The van der Waals surface area contributed by atoms with Crippen LogP contribution in [0.5, 0.6) is 0 Å². The molecule has 0 aliphatic heterocycles. The van der Waals surface area contributed by atoms with E-state index in [0.29, 0.717) is 24.7 Å². The van der Waals surface area contributed by atoms with E-state index < -0.39 is 10.0 Å². The SMILES string of the molecule is C=C(Cl)CNCCCN(CC)S(C)(=O)=O. The van der Waals surface area contributed by atoms with Crippen LogP contribution in [-0.4, -0.2) is 45.2 Å². The fourth-order valence-electron chi connectivity index (χ4n) is 1.16. The van der Waals surface area contributed by atoms with Gasteiger partial charge in [-0.3, -0.25) is 0 Å². The molecule has 0 rings (SSSR count). The molecule has 0 unspecified atom stereocenters. The molecule has 90 valence electrons. The number of nitrogens with zero attached hydrogens (tertiary/aromatic N) is 1. The molecule has 0 aliphatic rings. The molecule has 0 aromatic heterocycles. The molecule has 0 fully saturated rings. The Bertz CT molecular complexity index is 290. The first-order chi connectivity index (χ1) is 6.88. The van der Waals surface area contributed by atoms with E-state index in [1.54, 1.807) is 0 Å². The lowest BCUT2D eigenvalue weighted by Gasteiger charge is -2.17. The van der Waals surface area contributed by atoms with Crippen molar-refractivity contribution in [3.05, 3.63) is 11.6 Å². The summed E-state index contributed by atoms with van der Waals surface area (Å²) in [4.78, 5) is 0. The summed E-state index contributed by atoms with van der Waals surface area (Å²) in [6.07, 6.45) is 2.00. The van der Waals surface area contributed by atoms with Gasteiger partial charge in [0, 0.05) is 24.7 Å². The van der Waals surface area contributed by atoms with E-state index in [0.717, 1.165) is 13.0 Å². The van der Waals surface area contributed by atoms with Crippen LogP contribution in [0.15, 0.2) is 11.6 Å². The number of nitrogens with one attached hydrogen (secondary N) is 1. The zero-order chi connectivity index (χ0) is 11.9. The van der Waals surface area contributed by atoms with Crippen LogP contribution in [0, 0.1) is 0 Å². The van der Waals surface area contributed by atoms with Crippen LogP contribution >= 0.6 is 11.6 Å². The first kappa shape index (κ1) is 14.9. The molecule has 0 aliphatic carbocycles. The van der Waals surface area contributed by atoms with Crippen molar-refractivity contribution in [1.29, 1.82) is 0 Å². The topological polar surface area (TPSA) is 49.4 Å². The Labute approximate surface area is 97.3 Å². The van der Waals surface area contributed by atoms with Gasteiger partial charge in [-0.25, -0.2) is 12.7 Å². The maximum absolute atomic E-state index is 11.2. The van der Waals surface area contributed by atoms with Gasteiger partial charge in [-0.2, -0.15) is 0 Å². The number of halogens is 1. The van der Waals surface area contributed by atoms with Crippen LogP contribution in [0.1, 0.15) is 13.3 Å². The third-order valence-electron chi connectivity index (χ3n) is 1.90. The summed E-state index contributed by atoms with van der Waals surface area (Å²) in [5, 5.41) is 3.62. The molecule has 0 aromatic rings. The molecule has 15 heavy (non-hydrogen) atoms. The number of rotatable bonds is 8. The largest absolute Gasteiger partial charge is 0.312 e. The maximum Gasteiger partial charge on any atom is 0.211 e. The number of hydrogen-bond donors (Lipinski definition) is 1. The molecule has 4 nitrogen and oxygen atoms in total. The van der Waals surface area contributed by atoms with E-state index in [4.69, 9.17) is 11.6 Å². The van der Waals surface area contributed by atoms with Crippen molar-refractivity contribution in [2.45, 2.75) is 13.3 Å². The van der Waals surface area contributed by atoms with E-state index >= 15 is 0 Å². The van der Waals surface area contributed by atoms with Crippen molar-refractivity contribution < 1.29 is 8.42 Å². The zero-order valence-electron chi connectivity index (χ0n) is 9.29. The molecular formula is C9H19ClN2O2S. The van der Waals surface area contributed by atoms with Crippen LogP contribution < -0.4 is 5.32 Å². The molecule has 0 heterocycles. The lowest BCUT2D eigenvalue weighted by molar-refractivity contribution is 0.421.